The quantitative estimate of drug-likeness (QED) is 0.500. The van der Waals surface area contributed by atoms with Gasteiger partial charge >= 0.3 is 0 Å². The fraction of sp³-hybridized carbons (Fsp3) is 0.542. The molecule has 2 aliphatic rings. The topological polar surface area (TPSA) is 100 Å². The van der Waals surface area contributed by atoms with Crippen molar-refractivity contribution in [1.82, 2.24) is 19.7 Å². The lowest BCUT2D eigenvalue weighted by molar-refractivity contribution is 0.231. The highest BCUT2D eigenvalue weighted by atomic mass is 32.2. The van der Waals surface area contributed by atoms with Crippen LogP contribution >= 0.6 is 0 Å². The standard InChI is InChI=1S/C24H30N4O4S/c1-14-15(2)28(16(3)21-12-17-5-6-19(21)11-17)24(25-14)33(29,30)13-22-26-23(27-32-22)18-7-9-20(31-4)10-8-18/h7-10,16-17,19,21H,5-6,11-13H2,1-4H3/t16-,17-,19-,21+/m0/s1. The molecule has 2 bridgehead atoms. The third kappa shape index (κ3) is 3.96. The maximum Gasteiger partial charge on any atom is 0.242 e. The SMILES string of the molecule is COc1ccc(-c2noc(CS(=O)(=O)c3nc(C)c(C)n3[C@@H](C)[C@H]3C[C@H]4CC[C@H]3C4)n2)cc1. The van der Waals surface area contributed by atoms with Gasteiger partial charge in [0.15, 0.2) is 0 Å². The van der Waals surface area contributed by atoms with Crippen LogP contribution in [0.25, 0.3) is 11.4 Å². The van der Waals surface area contributed by atoms with Crippen LogP contribution in [0.15, 0.2) is 33.9 Å². The van der Waals surface area contributed by atoms with Crippen LogP contribution in [-0.4, -0.2) is 35.2 Å². The Kier molecular flexibility index (Phi) is 5.55. The molecule has 2 aromatic heterocycles. The molecule has 0 amide bonds. The highest BCUT2D eigenvalue weighted by Gasteiger charge is 2.43. The molecule has 2 heterocycles. The number of imidazole rings is 1. The number of sulfone groups is 1. The van der Waals surface area contributed by atoms with Gasteiger partial charge < -0.3 is 13.8 Å². The number of aromatic nitrogens is 4. The molecule has 5 rings (SSSR count). The highest BCUT2D eigenvalue weighted by molar-refractivity contribution is 7.90. The lowest BCUT2D eigenvalue weighted by Crippen LogP contribution is -2.25. The van der Waals surface area contributed by atoms with Gasteiger partial charge in [-0.25, -0.2) is 13.4 Å². The molecule has 0 saturated heterocycles. The van der Waals surface area contributed by atoms with Gasteiger partial charge in [-0.1, -0.05) is 11.6 Å². The lowest BCUT2D eigenvalue weighted by Gasteiger charge is -2.30. The average molecular weight is 471 g/mol. The lowest BCUT2D eigenvalue weighted by atomic mass is 9.84. The summed E-state index contributed by atoms with van der Waals surface area (Å²) in [4.78, 5) is 8.81. The summed E-state index contributed by atoms with van der Waals surface area (Å²) >= 11 is 0. The molecule has 1 aromatic carbocycles. The minimum Gasteiger partial charge on any atom is -0.497 e. The highest BCUT2D eigenvalue weighted by Crippen LogP contribution is 2.52. The van der Waals surface area contributed by atoms with E-state index in [-0.39, 0.29) is 22.8 Å². The van der Waals surface area contributed by atoms with E-state index < -0.39 is 9.84 Å². The van der Waals surface area contributed by atoms with Crippen molar-refractivity contribution in [1.29, 1.82) is 0 Å². The van der Waals surface area contributed by atoms with Crippen molar-refractivity contribution < 1.29 is 17.7 Å². The molecule has 0 radical (unpaired) electrons. The Balaban J connectivity index is 1.41. The van der Waals surface area contributed by atoms with E-state index in [4.69, 9.17) is 9.26 Å². The van der Waals surface area contributed by atoms with E-state index in [1.54, 1.807) is 31.4 Å². The molecule has 0 spiro atoms. The van der Waals surface area contributed by atoms with Crippen molar-refractivity contribution in [2.24, 2.45) is 17.8 Å². The number of nitrogens with zero attached hydrogens (tertiary/aromatic N) is 4. The number of rotatable bonds is 7. The van der Waals surface area contributed by atoms with Crippen molar-refractivity contribution >= 4 is 9.84 Å². The molecule has 3 aromatic rings. The second-order valence-electron chi connectivity index (χ2n) is 9.51. The zero-order chi connectivity index (χ0) is 23.3. The fourth-order valence-corrected chi connectivity index (χ4v) is 7.22. The van der Waals surface area contributed by atoms with Gasteiger partial charge in [0.25, 0.3) is 0 Å². The summed E-state index contributed by atoms with van der Waals surface area (Å²) in [5, 5.41) is 4.08. The largest absolute Gasteiger partial charge is 0.497 e. The Hall–Kier alpha value is -2.68. The summed E-state index contributed by atoms with van der Waals surface area (Å²) in [6, 6.07) is 7.28. The van der Waals surface area contributed by atoms with Crippen LogP contribution < -0.4 is 4.74 Å². The molecule has 2 fully saturated rings. The molecule has 4 atom stereocenters. The number of methoxy groups -OCH3 is 1. The maximum atomic E-state index is 13.5. The van der Waals surface area contributed by atoms with Crippen molar-refractivity contribution in [2.75, 3.05) is 7.11 Å². The zero-order valence-electron chi connectivity index (χ0n) is 19.5. The Morgan fingerprint density at radius 3 is 2.55 bits per heavy atom. The van der Waals surface area contributed by atoms with E-state index in [0.717, 1.165) is 22.9 Å². The molecule has 9 heteroatoms. The third-order valence-electron chi connectivity index (χ3n) is 7.58. The van der Waals surface area contributed by atoms with Crippen molar-refractivity contribution in [3.05, 3.63) is 41.5 Å². The Morgan fingerprint density at radius 2 is 1.91 bits per heavy atom. The second-order valence-corrected chi connectivity index (χ2v) is 11.4. The zero-order valence-corrected chi connectivity index (χ0v) is 20.3. The van der Waals surface area contributed by atoms with E-state index in [1.165, 1.54) is 25.7 Å². The summed E-state index contributed by atoms with van der Waals surface area (Å²) in [6.45, 7) is 5.97. The van der Waals surface area contributed by atoms with Crippen LogP contribution in [-0.2, 0) is 15.6 Å². The van der Waals surface area contributed by atoms with Gasteiger partial charge in [0.05, 0.1) is 12.8 Å². The predicted octanol–water partition coefficient (Wildman–Crippen LogP) is 4.53. The summed E-state index contributed by atoms with van der Waals surface area (Å²) in [7, 11) is -2.18. The van der Waals surface area contributed by atoms with Crippen LogP contribution in [0.5, 0.6) is 5.75 Å². The van der Waals surface area contributed by atoms with Gasteiger partial charge in [0.1, 0.15) is 11.5 Å². The van der Waals surface area contributed by atoms with Gasteiger partial charge in [-0.15, -0.1) is 0 Å². The number of benzene rings is 1. The Morgan fingerprint density at radius 1 is 1.15 bits per heavy atom. The minimum atomic E-state index is -3.78. The van der Waals surface area contributed by atoms with Crippen molar-refractivity contribution in [3.8, 4) is 17.1 Å². The van der Waals surface area contributed by atoms with Crippen molar-refractivity contribution in [2.45, 2.75) is 63.4 Å². The van der Waals surface area contributed by atoms with E-state index in [0.29, 0.717) is 23.4 Å². The van der Waals surface area contributed by atoms with Gasteiger partial charge in [-0.05, 0) is 82.1 Å². The number of aryl methyl sites for hydroxylation is 1. The summed E-state index contributed by atoms with van der Waals surface area (Å²) in [5.74, 6) is 2.71. The number of hydrogen-bond acceptors (Lipinski definition) is 7. The smallest absolute Gasteiger partial charge is 0.242 e. The van der Waals surface area contributed by atoms with Crippen LogP contribution in [0, 0.1) is 31.6 Å². The third-order valence-corrected chi connectivity index (χ3v) is 9.05. The Bertz CT molecular complexity index is 1260. The van der Waals surface area contributed by atoms with E-state index in [2.05, 4.69) is 22.0 Å². The molecule has 2 aliphatic carbocycles. The van der Waals surface area contributed by atoms with Gasteiger partial charge in [0, 0.05) is 17.3 Å². The first kappa shape index (κ1) is 22.1. The second kappa shape index (κ2) is 8.27. The van der Waals surface area contributed by atoms with Crippen LogP contribution in [0.3, 0.4) is 0 Å². The van der Waals surface area contributed by atoms with Crippen LogP contribution in [0.2, 0.25) is 0 Å². The number of fused-ring (bicyclic) bond motifs is 2. The molecular formula is C24H30N4O4S. The van der Waals surface area contributed by atoms with Gasteiger partial charge in [-0.3, -0.25) is 0 Å². The minimum absolute atomic E-state index is 0.0539. The summed E-state index contributed by atoms with van der Waals surface area (Å²) in [5.41, 5.74) is 2.38. The van der Waals surface area contributed by atoms with E-state index >= 15 is 0 Å². The first-order chi connectivity index (χ1) is 15.8. The molecule has 176 valence electrons. The maximum absolute atomic E-state index is 13.5. The molecule has 8 nitrogen and oxygen atoms in total. The van der Waals surface area contributed by atoms with E-state index in [9.17, 15) is 8.42 Å². The van der Waals surface area contributed by atoms with Gasteiger partial charge in [-0.2, -0.15) is 4.98 Å². The molecule has 0 N–H and O–H groups in total. The average Bonchev–Trinajstić information content (AvgIpc) is 3.59. The summed E-state index contributed by atoms with van der Waals surface area (Å²) < 4.78 is 39.3. The molecule has 2 saturated carbocycles. The fourth-order valence-electron chi connectivity index (χ4n) is 5.77. The Labute approximate surface area is 194 Å². The monoisotopic (exact) mass is 470 g/mol. The van der Waals surface area contributed by atoms with Crippen LogP contribution in [0.4, 0.5) is 0 Å². The first-order valence-corrected chi connectivity index (χ1v) is 13.2. The van der Waals surface area contributed by atoms with Crippen molar-refractivity contribution in [3.63, 3.8) is 0 Å². The number of ether oxygens (including phenoxy) is 1. The normalized spacial score (nSPS) is 23.2. The molecule has 0 unspecified atom stereocenters. The molecule has 33 heavy (non-hydrogen) atoms. The predicted molar refractivity (Wildman–Crippen MR) is 123 cm³/mol. The van der Waals surface area contributed by atoms with Gasteiger partial charge in [0.2, 0.25) is 26.7 Å². The summed E-state index contributed by atoms with van der Waals surface area (Å²) in [6.07, 6.45) is 5.02. The van der Waals surface area contributed by atoms with Crippen LogP contribution in [0.1, 0.15) is 55.9 Å². The van der Waals surface area contributed by atoms with E-state index in [1.807, 2.05) is 18.4 Å². The number of hydrogen-bond donors (Lipinski definition) is 0. The molecule has 0 aliphatic heterocycles. The molecular weight excluding hydrogens is 440 g/mol. The first-order valence-electron chi connectivity index (χ1n) is 11.5.